The van der Waals surface area contributed by atoms with E-state index in [4.69, 9.17) is 16.0 Å². The molecule has 4 heteroatoms. The lowest BCUT2D eigenvalue weighted by Crippen LogP contribution is -2.49. The van der Waals surface area contributed by atoms with Gasteiger partial charge >= 0.3 is 0 Å². The standard InChI is InChI=1S/C19H32ClNOSi/c1-12(2)23(13(3)4,14(5)6)22-17-9-8-15(7)18-16(20)10-11-21-19(17)18/h10-15,17H,8-9H2,1-7H3/t15-,17-/m1/s1. The predicted molar refractivity (Wildman–Crippen MR) is 102 cm³/mol. The summed E-state index contributed by atoms with van der Waals surface area (Å²) in [5.41, 5.74) is 4.07. The minimum atomic E-state index is -1.91. The van der Waals surface area contributed by atoms with Gasteiger partial charge in [-0.15, -0.1) is 0 Å². The summed E-state index contributed by atoms with van der Waals surface area (Å²) < 4.78 is 7.01. The van der Waals surface area contributed by atoms with Crippen LogP contribution in [0.15, 0.2) is 12.3 Å². The van der Waals surface area contributed by atoms with E-state index >= 15 is 0 Å². The summed E-state index contributed by atoms with van der Waals surface area (Å²) in [6.45, 7) is 16.3. The molecule has 1 aromatic heterocycles. The number of fused-ring (bicyclic) bond motifs is 1. The smallest absolute Gasteiger partial charge is 0.201 e. The average Bonchev–Trinajstić information content (AvgIpc) is 2.45. The third-order valence-electron chi connectivity index (χ3n) is 5.68. The molecule has 1 aromatic rings. The van der Waals surface area contributed by atoms with Crippen molar-refractivity contribution in [2.45, 2.75) is 90.0 Å². The molecule has 1 heterocycles. The summed E-state index contributed by atoms with van der Waals surface area (Å²) in [5, 5.41) is 0.849. The molecule has 1 aliphatic carbocycles. The molecule has 2 rings (SSSR count). The summed E-state index contributed by atoms with van der Waals surface area (Å²) in [7, 11) is -1.91. The Morgan fingerprint density at radius 1 is 1.09 bits per heavy atom. The summed E-state index contributed by atoms with van der Waals surface area (Å²) in [5.74, 6) is 0.472. The summed E-state index contributed by atoms with van der Waals surface area (Å²) in [4.78, 5) is 4.69. The van der Waals surface area contributed by atoms with E-state index < -0.39 is 8.32 Å². The van der Waals surface area contributed by atoms with Crippen LogP contribution in [0.2, 0.25) is 21.6 Å². The van der Waals surface area contributed by atoms with E-state index in [2.05, 4.69) is 53.5 Å². The Balaban J connectivity index is 2.44. The highest BCUT2D eigenvalue weighted by Gasteiger charge is 2.47. The summed E-state index contributed by atoms with van der Waals surface area (Å²) >= 11 is 6.48. The fourth-order valence-electron chi connectivity index (χ4n) is 4.66. The molecule has 23 heavy (non-hydrogen) atoms. The second-order valence-corrected chi connectivity index (χ2v) is 13.8. The van der Waals surface area contributed by atoms with Gasteiger partial charge in [0.15, 0.2) is 0 Å². The highest BCUT2D eigenvalue weighted by atomic mass is 35.5. The number of rotatable bonds is 5. The van der Waals surface area contributed by atoms with Crippen molar-refractivity contribution in [1.29, 1.82) is 0 Å². The van der Waals surface area contributed by atoms with Gasteiger partial charge in [0.1, 0.15) is 0 Å². The van der Waals surface area contributed by atoms with Crippen molar-refractivity contribution in [2.75, 3.05) is 0 Å². The number of aromatic nitrogens is 1. The van der Waals surface area contributed by atoms with Crippen LogP contribution in [0, 0.1) is 0 Å². The number of hydrogen-bond donors (Lipinski definition) is 0. The van der Waals surface area contributed by atoms with E-state index in [-0.39, 0.29) is 6.10 Å². The zero-order chi connectivity index (χ0) is 17.4. The Kier molecular flexibility index (Phi) is 5.97. The second-order valence-electron chi connectivity index (χ2n) is 7.99. The zero-order valence-corrected chi connectivity index (χ0v) is 17.4. The normalized spacial score (nSPS) is 22.0. The predicted octanol–water partition coefficient (Wildman–Crippen LogP) is 6.87. The van der Waals surface area contributed by atoms with Crippen LogP contribution >= 0.6 is 11.6 Å². The minimum Gasteiger partial charge on any atom is -0.408 e. The maximum Gasteiger partial charge on any atom is 0.201 e. The van der Waals surface area contributed by atoms with Gasteiger partial charge in [-0.1, -0.05) is 60.1 Å². The fraction of sp³-hybridized carbons (Fsp3) is 0.737. The van der Waals surface area contributed by atoms with Crippen molar-refractivity contribution in [3.63, 3.8) is 0 Å². The van der Waals surface area contributed by atoms with Crippen molar-refractivity contribution in [2.24, 2.45) is 0 Å². The van der Waals surface area contributed by atoms with Crippen LogP contribution in [-0.2, 0) is 4.43 Å². The summed E-state index contributed by atoms with van der Waals surface area (Å²) in [6.07, 6.45) is 4.13. The molecule has 2 atom stereocenters. The fourth-order valence-corrected chi connectivity index (χ4v) is 10.5. The molecule has 0 saturated carbocycles. The Hall–Kier alpha value is -0.383. The molecule has 0 radical (unpaired) electrons. The van der Waals surface area contributed by atoms with Crippen molar-refractivity contribution in [3.8, 4) is 0 Å². The molecule has 0 unspecified atom stereocenters. The van der Waals surface area contributed by atoms with Crippen LogP contribution in [0.25, 0.3) is 0 Å². The number of pyridine rings is 1. The Labute approximate surface area is 148 Å². The Bertz CT molecular complexity index is 522. The lowest BCUT2D eigenvalue weighted by Gasteiger charge is -2.46. The van der Waals surface area contributed by atoms with Gasteiger partial charge in [-0.05, 0) is 47.0 Å². The lowest BCUT2D eigenvalue weighted by molar-refractivity contribution is 0.147. The van der Waals surface area contributed by atoms with E-state index in [1.165, 1.54) is 5.56 Å². The van der Waals surface area contributed by atoms with Crippen molar-refractivity contribution >= 4 is 19.9 Å². The molecule has 0 saturated heterocycles. The highest BCUT2D eigenvalue weighted by molar-refractivity contribution is 6.77. The van der Waals surface area contributed by atoms with Crippen LogP contribution in [0.3, 0.4) is 0 Å². The van der Waals surface area contributed by atoms with Crippen molar-refractivity contribution in [3.05, 3.63) is 28.5 Å². The molecule has 0 fully saturated rings. The maximum atomic E-state index is 7.01. The van der Waals surface area contributed by atoms with Crippen LogP contribution in [0.4, 0.5) is 0 Å². The van der Waals surface area contributed by atoms with E-state index in [0.717, 1.165) is 23.6 Å². The zero-order valence-electron chi connectivity index (χ0n) is 15.7. The first-order valence-electron chi connectivity index (χ1n) is 9.03. The molecule has 0 spiro atoms. The van der Waals surface area contributed by atoms with Gasteiger partial charge in [-0.2, -0.15) is 0 Å². The molecule has 0 N–H and O–H groups in total. The van der Waals surface area contributed by atoms with Crippen LogP contribution in [-0.4, -0.2) is 13.3 Å². The van der Waals surface area contributed by atoms with Crippen LogP contribution < -0.4 is 0 Å². The molecular weight excluding hydrogens is 322 g/mol. The van der Waals surface area contributed by atoms with Crippen molar-refractivity contribution in [1.82, 2.24) is 4.98 Å². The molecule has 0 aliphatic heterocycles. The number of hydrogen-bond acceptors (Lipinski definition) is 2. The molecule has 130 valence electrons. The second kappa shape index (κ2) is 7.24. The Morgan fingerprint density at radius 2 is 1.65 bits per heavy atom. The Morgan fingerprint density at radius 3 is 2.17 bits per heavy atom. The van der Waals surface area contributed by atoms with Crippen LogP contribution in [0.1, 0.15) is 84.6 Å². The first-order valence-corrected chi connectivity index (χ1v) is 11.6. The first kappa shape index (κ1) is 18.9. The third kappa shape index (κ3) is 3.38. The lowest BCUT2D eigenvalue weighted by atomic mass is 9.85. The van der Waals surface area contributed by atoms with Gasteiger partial charge in [-0.3, -0.25) is 4.98 Å². The molecule has 0 bridgehead atoms. The van der Waals surface area contributed by atoms with Crippen LogP contribution in [0.5, 0.6) is 0 Å². The van der Waals surface area contributed by atoms with Gasteiger partial charge in [0, 0.05) is 11.2 Å². The molecule has 1 aliphatic rings. The van der Waals surface area contributed by atoms with E-state index in [9.17, 15) is 0 Å². The van der Waals surface area contributed by atoms with Gasteiger partial charge in [0.05, 0.1) is 11.8 Å². The highest BCUT2D eigenvalue weighted by Crippen LogP contribution is 2.49. The number of halogens is 1. The quantitative estimate of drug-likeness (QED) is 0.539. The van der Waals surface area contributed by atoms with E-state index in [1.807, 2.05) is 12.3 Å². The van der Waals surface area contributed by atoms with Gasteiger partial charge in [0.25, 0.3) is 0 Å². The third-order valence-corrected chi connectivity index (χ3v) is 12.1. The minimum absolute atomic E-state index is 0.110. The van der Waals surface area contributed by atoms with Gasteiger partial charge < -0.3 is 4.43 Å². The average molecular weight is 354 g/mol. The topological polar surface area (TPSA) is 22.1 Å². The monoisotopic (exact) mass is 353 g/mol. The maximum absolute atomic E-state index is 7.01. The van der Waals surface area contributed by atoms with E-state index in [1.54, 1.807) is 0 Å². The number of nitrogens with zero attached hydrogens (tertiary/aromatic N) is 1. The summed E-state index contributed by atoms with van der Waals surface area (Å²) in [6, 6.07) is 1.91. The van der Waals surface area contributed by atoms with E-state index in [0.29, 0.717) is 22.5 Å². The molecular formula is C19H32ClNOSi. The SMILES string of the molecule is CC(C)[Si](O[C@@H]1CC[C@@H](C)c2c(Cl)ccnc21)(C(C)C)C(C)C. The van der Waals surface area contributed by atoms with Gasteiger partial charge in [-0.25, -0.2) is 0 Å². The molecule has 2 nitrogen and oxygen atoms in total. The molecule has 0 aromatic carbocycles. The largest absolute Gasteiger partial charge is 0.408 e. The van der Waals surface area contributed by atoms with Crippen molar-refractivity contribution < 1.29 is 4.43 Å². The first-order chi connectivity index (χ1) is 10.7. The molecule has 0 amide bonds. The van der Waals surface area contributed by atoms with Gasteiger partial charge in [0.2, 0.25) is 8.32 Å².